The molecule has 4 heterocycles. The van der Waals surface area contributed by atoms with Crippen molar-refractivity contribution in [3.8, 4) is 28.3 Å². The molecule has 2 aromatic carbocycles. The lowest BCUT2D eigenvalue weighted by molar-refractivity contribution is 0.340. The number of hydrogen-bond donors (Lipinski definition) is 0. The molecule has 6 nitrogen and oxygen atoms in total. The van der Waals surface area contributed by atoms with Crippen LogP contribution in [0.2, 0.25) is 0 Å². The second-order valence-electron chi connectivity index (χ2n) is 9.54. The van der Waals surface area contributed by atoms with E-state index in [1.165, 1.54) is 24.2 Å². The van der Waals surface area contributed by atoms with Crippen LogP contribution in [0.4, 0.5) is 14.5 Å². The van der Waals surface area contributed by atoms with E-state index < -0.39 is 11.6 Å². The quantitative estimate of drug-likeness (QED) is 0.398. The molecule has 1 fully saturated rings. The van der Waals surface area contributed by atoms with Crippen molar-refractivity contribution in [2.24, 2.45) is 5.92 Å². The summed E-state index contributed by atoms with van der Waals surface area (Å²) in [5.74, 6) is 0.205. The van der Waals surface area contributed by atoms with E-state index in [0.29, 0.717) is 29.4 Å². The highest BCUT2D eigenvalue weighted by Gasteiger charge is 2.26. The largest absolute Gasteiger partial charge is 0.371 e. The number of rotatable bonds is 4. The fourth-order valence-corrected chi connectivity index (χ4v) is 5.31. The number of nitrogens with zero attached hydrogens (tertiary/aromatic N) is 6. The highest BCUT2D eigenvalue weighted by molar-refractivity contribution is 5.72. The van der Waals surface area contributed by atoms with Crippen LogP contribution in [-0.4, -0.2) is 58.0 Å². The van der Waals surface area contributed by atoms with Gasteiger partial charge in [-0.25, -0.2) is 18.4 Å². The average Bonchev–Trinajstić information content (AvgIpc) is 3.52. The maximum Gasteiger partial charge on any atom is 0.179 e. The second-order valence-corrected chi connectivity index (χ2v) is 9.54. The lowest BCUT2D eigenvalue weighted by atomic mass is 10.1. The van der Waals surface area contributed by atoms with Gasteiger partial charge in [-0.15, -0.1) is 0 Å². The van der Waals surface area contributed by atoms with E-state index >= 15 is 0 Å². The predicted molar refractivity (Wildman–Crippen MR) is 128 cm³/mol. The lowest BCUT2D eigenvalue weighted by Gasteiger charge is -2.22. The van der Waals surface area contributed by atoms with Crippen molar-refractivity contribution in [3.63, 3.8) is 0 Å². The molecule has 2 aromatic heterocycles. The highest BCUT2D eigenvalue weighted by atomic mass is 19.1. The van der Waals surface area contributed by atoms with Crippen LogP contribution in [0.1, 0.15) is 12.0 Å². The molecule has 0 unspecified atom stereocenters. The Bertz CT molecular complexity index is 1370. The number of benzene rings is 2. The summed E-state index contributed by atoms with van der Waals surface area (Å²) in [5.41, 5.74) is 5.24. The van der Waals surface area contributed by atoms with Gasteiger partial charge in [0.15, 0.2) is 5.82 Å². The van der Waals surface area contributed by atoms with Crippen molar-refractivity contribution in [3.05, 3.63) is 72.2 Å². The van der Waals surface area contributed by atoms with Crippen molar-refractivity contribution in [2.45, 2.75) is 13.0 Å². The Morgan fingerprint density at radius 2 is 1.97 bits per heavy atom. The van der Waals surface area contributed by atoms with Crippen LogP contribution in [0.25, 0.3) is 28.3 Å². The normalized spacial score (nSPS) is 17.0. The summed E-state index contributed by atoms with van der Waals surface area (Å²) in [7, 11) is 4.25. The third-order valence-electron chi connectivity index (χ3n) is 6.82. The van der Waals surface area contributed by atoms with Gasteiger partial charge in [0.1, 0.15) is 18.0 Å². The Morgan fingerprint density at radius 3 is 2.79 bits per heavy atom. The van der Waals surface area contributed by atoms with E-state index in [1.807, 2.05) is 16.9 Å². The van der Waals surface area contributed by atoms with E-state index in [9.17, 15) is 8.78 Å². The summed E-state index contributed by atoms with van der Waals surface area (Å²) >= 11 is 0. The first-order chi connectivity index (χ1) is 16.5. The number of halogens is 2. The van der Waals surface area contributed by atoms with Crippen LogP contribution in [0.15, 0.2) is 55.0 Å². The molecule has 8 heteroatoms. The third-order valence-corrected chi connectivity index (χ3v) is 6.82. The molecule has 0 spiro atoms. The van der Waals surface area contributed by atoms with Gasteiger partial charge in [-0.05, 0) is 68.4 Å². The van der Waals surface area contributed by atoms with Crippen LogP contribution in [-0.2, 0) is 6.54 Å². The molecule has 2 aliphatic heterocycles. The Balaban J connectivity index is 1.38. The van der Waals surface area contributed by atoms with Gasteiger partial charge in [0, 0.05) is 55.3 Å². The topological polar surface area (TPSA) is 42.1 Å². The zero-order valence-corrected chi connectivity index (χ0v) is 19.2. The van der Waals surface area contributed by atoms with Crippen molar-refractivity contribution in [1.82, 2.24) is 24.2 Å². The first-order valence-corrected chi connectivity index (χ1v) is 11.6. The molecule has 6 rings (SSSR count). The van der Waals surface area contributed by atoms with E-state index in [-0.39, 0.29) is 0 Å². The molecule has 0 radical (unpaired) electrons. The summed E-state index contributed by atoms with van der Waals surface area (Å²) < 4.78 is 31.9. The smallest absolute Gasteiger partial charge is 0.179 e. The molecule has 1 saturated heterocycles. The fraction of sp³-hybridized carbons (Fsp3) is 0.308. The van der Waals surface area contributed by atoms with E-state index in [0.717, 1.165) is 42.6 Å². The summed E-state index contributed by atoms with van der Waals surface area (Å²) in [6, 6.07) is 12.1. The molecule has 0 N–H and O–H groups in total. The lowest BCUT2D eigenvalue weighted by Crippen LogP contribution is -2.25. The molecule has 0 amide bonds. The number of fused-ring (bicyclic) bond motifs is 5. The van der Waals surface area contributed by atoms with Crippen LogP contribution < -0.4 is 4.90 Å². The molecule has 2 aliphatic rings. The average molecular weight is 461 g/mol. The summed E-state index contributed by atoms with van der Waals surface area (Å²) in [6.45, 7) is 3.81. The summed E-state index contributed by atoms with van der Waals surface area (Å²) in [5, 5.41) is 4.49. The van der Waals surface area contributed by atoms with Crippen LogP contribution >= 0.6 is 0 Å². The standard InChI is InChI=1S/C26H26F2N6/c1-31(2)12-17-7-8-32(13-17)21-4-6-24-19(9-21)15-33-14-18(22-5-3-20(27)11-23(22)28)10-25(33)26-29-16-30-34(24)26/h3-6,9-11,14,16-17H,7-8,12-13,15H2,1-2H3/t17-/m1/s1. The summed E-state index contributed by atoms with van der Waals surface area (Å²) in [6.07, 6.45) is 4.65. The molecule has 34 heavy (non-hydrogen) atoms. The van der Waals surface area contributed by atoms with Gasteiger partial charge in [-0.3, -0.25) is 0 Å². The molecule has 1 atom stereocenters. The van der Waals surface area contributed by atoms with Gasteiger partial charge in [-0.2, -0.15) is 5.10 Å². The number of aromatic nitrogens is 4. The SMILES string of the molecule is CN(C)C[C@H]1CCN(c2ccc3c(c2)Cn2cc(-c4ccc(F)cc4F)cc2-c2ncnn2-3)C1. The van der Waals surface area contributed by atoms with Gasteiger partial charge >= 0.3 is 0 Å². The minimum Gasteiger partial charge on any atom is -0.371 e. The Hall–Kier alpha value is -3.52. The Morgan fingerprint density at radius 1 is 1.09 bits per heavy atom. The maximum absolute atomic E-state index is 14.5. The minimum absolute atomic E-state index is 0.367. The van der Waals surface area contributed by atoms with Gasteiger partial charge in [-0.1, -0.05) is 0 Å². The molecule has 0 aliphatic carbocycles. The molecule has 0 saturated carbocycles. The first-order valence-electron chi connectivity index (χ1n) is 11.6. The molecule has 4 aromatic rings. The second kappa shape index (κ2) is 8.06. The monoisotopic (exact) mass is 460 g/mol. The van der Waals surface area contributed by atoms with E-state index in [1.54, 1.807) is 6.33 Å². The van der Waals surface area contributed by atoms with Gasteiger partial charge in [0.05, 0.1) is 11.4 Å². The minimum atomic E-state index is -0.585. The van der Waals surface area contributed by atoms with E-state index in [4.69, 9.17) is 0 Å². The van der Waals surface area contributed by atoms with Gasteiger partial charge in [0.25, 0.3) is 0 Å². The van der Waals surface area contributed by atoms with Crippen molar-refractivity contribution in [1.29, 1.82) is 0 Å². The predicted octanol–water partition coefficient (Wildman–Crippen LogP) is 4.43. The van der Waals surface area contributed by atoms with Crippen molar-refractivity contribution < 1.29 is 8.78 Å². The first kappa shape index (κ1) is 21.0. The van der Waals surface area contributed by atoms with Gasteiger partial charge in [0.2, 0.25) is 0 Å². The summed E-state index contributed by atoms with van der Waals surface area (Å²) in [4.78, 5) is 9.21. The van der Waals surface area contributed by atoms with Crippen LogP contribution in [0.3, 0.4) is 0 Å². The Kier molecular flexibility index (Phi) is 4.99. The van der Waals surface area contributed by atoms with E-state index in [2.05, 4.69) is 56.7 Å². The zero-order valence-electron chi connectivity index (χ0n) is 19.2. The van der Waals surface area contributed by atoms with Crippen LogP contribution in [0, 0.1) is 17.6 Å². The molecular formula is C26H26F2N6. The number of anilines is 1. The Labute approximate surface area is 197 Å². The van der Waals surface area contributed by atoms with Gasteiger partial charge < -0.3 is 14.4 Å². The van der Waals surface area contributed by atoms with Crippen LogP contribution in [0.5, 0.6) is 0 Å². The maximum atomic E-state index is 14.5. The van der Waals surface area contributed by atoms with Crippen molar-refractivity contribution in [2.75, 3.05) is 38.6 Å². The van der Waals surface area contributed by atoms with Crippen molar-refractivity contribution >= 4 is 5.69 Å². The fourth-order valence-electron chi connectivity index (χ4n) is 5.31. The highest BCUT2D eigenvalue weighted by Crippen LogP contribution is 2.36. The molecule has 0 bridgehead atoms. The zero-order chi connectivity index (χ0) is 23.4. The molecular weight excluding hydrogens is 434 g/mol. The number of hydrogen-bond acceptors (Lipinski definition) is 4. The molecule has 174 valence electrons. The third kappa shape index (κ3) is 3.58.